The summed E-state index contributed by atoms with van der Waals surface area (Å²) in [5, 5.41) is 3.69. The third-order valence-corrected chi connectivity index (χ3v) is 5.54. The zero-order valence-electron chi connectivity index (χ0n) is 16.8. The molecule has 0 amide bonds. The van der Waals surface area contributed by atoms with Crippen LogP contribution in [-0.4, -0.2) is 38.8 Å². The van der Waals surface area contributed by atoms with E-state index >= 15 is 0 Å². The monoisotopic (exact) mass is 368 g/mol. The van der Waals surface area contributed by atoms with Crippen molar-refractivity contribution in [3.63, 3.8) is 0 Å². The van der Waals surface area contributed by atoms with Crippen LogP contribution in [0.15, 0.2) is 42.5 Å². The Morgan fingerprint density at radius 1 is 0.963 bits per heavy atom. The number of nitrogens with zero attached hydrogens (tertiary/aromatic N) is 1. The second-order valence-electron chi connectivity index (χ2n) is 7.28. The van der Waals surface area contributed by atoms with Gasteiger partial charge in [0.25, 0.3) is 0 Å². The van der Waals surface area contributed by atoms with Gasteiger partial charge in [0, 0.05) is 19.1 Å². The molecule has 4 nitrogen and oxygen atoms in total. The van der Waals surface area contributed by atoms with Crippen molar-refractivity contribution >= 4 is 0 Å². The molecule has 0 saturated carbocycles. The molecule has 1 saturated heterocycles. The summed E-state index contributed by atoms with van der Waals surface area (Å²) in [6, 6.07) is 15.3. The highest BCUT2D eigenvalue weighted by atomic mass is 16.5. The highest BCUT2D eigenvalue weighted by Crippen LogP contribution is 2.32. The third-order valence-electron chi connectivity index (χ3n) is 5.54. The van der Waals surface area contributed by atoms with E-state index in [9.17, 15) is 0 Å². The molecule has 27 heavy (non-hydrogen) atoms. The van der Waals surface area contributed by atoms with E-state index in [-0.39, 0.29) is 0 Å². The number of benzene rings is 2. The molecule has 1 heterocycles. The Kier molecular flexibility index (Phi) is 7.13. The van der Waals surface area contributed by atoms with E-state index in [0.717, 1.165) is 37.7 Å². The van der Waals surface area contributed by atoms with Gasteiger partial charge in [0.15, 0.2) is 11.5 Å². The van der Waals surface area contributed by atoms with Crippen LogP contribution < -0.4 is 14.8 Å². The predicted octanol–water partition coefficient (Wildman–Crippen LogP) is 4.33. The summed E-state index contributed by atoms with van der Waals surface area (Å²) >= 11 is 0. The molecule has 2 aromatic carbocycles. The first-order valence-electron chi connectivity index (χ1n) is 9.94. The second-order valence-corrected chi connectivity index (χ2v) is 7.28. The molecule has 0 spiro atoms. The maximum absolute atomic E-state index is 5.54. The molecule has 0 aliphatic carbocycles. The van der Waals surface area contributed by atoms with Crippen molar-refractivity contribution in [3.8, 4) is 11.5 Å². The SMILES string of the molecule is COc1ccc(C(CNCc2ccccc2C)N2CCCCC2)cc1OC. The zero-order valence-corrected chi connectivity index (χ0v) is 16.8. The van der Waals surface area contributed by atoms with Gasteiger partial charge in [-0.15, -0.1) is 0 Å². The van der Waals surface area contributed by atoms with Gasteiger partial charge in [-0.25, -0.2) is 0 Å². The topological polar surface area (TPSA) is 33.7 Å². The fourth-order valence-corrected chi connectivity index (χ4v) is 3.90. The van der Waals surface area contributed by atoms with Gasteiger partial charge in [-0.05, 0) is 61.7 Å². The lowest BCUT2D eigenvalue weighted by Crippen LogP contribution is -2.39. The van der Waals surface area contributed by atoms with Crippen LogP contribution in [0.2, 0.25) is 0 Å². The van der Waals surface area contributed by atoms with Gasteiger partial charge in [-0.2, -0.15) is 0 Å². The Morgan fingerprint density at radius 2 is 1.70 bits per heavy atom. The van der Waals surface area contributed by atoms with Gasteiger partial charge in [0.1, 0.15) is 0 Å². The number of piperidine rings is 1. The number of aryl methyl sites for hydroxylation is 1. The van der Waals surface area contributed by atoms with Crippen LogP contribution in [0.25, 0.3) is 0 Å². The zero-order chi connectivity index (χ0) is 19.1. The Labute approximate surface area is 163 Å². The van der Waals surface area contributed by atoms with E-state index in [4.69, 9.17) is 9.47 Å². The Bertz CT molecular complexity index is 726. The standard InChI is InChI=1S/C23H32N2O2/c1-18-9-5-6-10-20(18)16-24-17-21(25-13-7-4-8-14-25)19-11-12-22(26-2)23(15-19)27-3/h5-6,9-12,15,21,24H,4,7-8,13-14,16-17H2,1-3H3. The molecular formula is C23H32N2O2. The minimum Gasteiger partial charge on any atom is -0.493 e. The number of rotatable bonds is 8. The smallest absolute Gasteiger partial charge is 0.161 e. The molecule has 0 radical (unpaired) electrons. The summed E-state index contributed by atoms with van der Waals surface area (Å²) in [5.74, 6) is 1.59. The number of nitrogens with one attached hydrogen (secondary N) is 1. The second kappa shape index (κ2) is 9.77. The van der Waals surface area contributed by atoms with Crippen molar-refractivity contribution in [2.45, 2.75) is 38.8 Å². The van der Waals surface area contributed by atoms with E-state index in [1.165, 1.54) is 36.0 Å². The molecule has 1 fully saturated rings. The van der Waals surface area contributed by atoms with Crippen LogP contribution in [0, 0.1) is 6.92 Å². The number of hydrogen-bond donors (Lipinski definition) is 1. The molecule has 146 valence electrons. The van der Waals surface area contributed by atoms with E-state index in [1.54, 1.807) is 14.2 Å². The van der Waals surface area contributed by atoms with Crippen LogP contribution in [0.4, 0.5) is 0 Å². The maximum atomic E-state index is 5.54. The fraction of sp³-hybridized carbons (Fsp3) is 0.478. The molecule has 1 aliphatic rings. The molecule has 2 aromatic rings. The lowest BCUT2D eigenvalue weighted by molar-refractivity contribution is 0.159. The average Bonchev–Trinajstić information content (AvgIpc) is 2.72. The van der Waals surface area contributed by atoms with E-state index < -0.39 is 0 Å². The van der Waals surface area contributed by atoms with Gasteiger partial charge in [0.2, 0.25) is 0 Å². The van der Waals surface area contributed by atoms with E-state index in [2.05, 4.69) is 53.5 Å². The van der Waals surface area contributed by atoms with Crippen LogP contribution in [0.3, 0.4) is 0 Å². The molecule has 1 atom stereocenters. The van der Waals surface area contributed by atoms with Crippen molar-refractivity contribution in [3.05, 3.63) is 59.2 Å². The molecule has 1 N–H and O–H groups in total. The van der Waals surface area contributed by atoms with Gasteiger partial charge >= 0.3 is 0 Å². The summed E-state index contributed by atoms with van der Waals surface area (Å²) in [7, 11) is 3.39. The lowest BCUT2D eigenvalue weighted by atomic mass is 10.0. The van der Waals surface area contributed by atoms with Crippen LogP contribution in [0.5, 0.6) is 11.5 Å². The highest BCUT2D eigenvalue weighted by molar-refractivity contribution is 5.44. The molecule has 1 unspecified atom stereocenters. The summed E-state index contributed by atoms with van der Waals surface area (Å²) in [5.41, 5.74) is 3.99. The summed E-state index contributed by atoms with van der Waals surface area (Å²) in [4.78, 5) is 2.61. The van der Waals surface area contributed by atoms with Crippen molar-refractivity contribution in [1.29, 1.82) is 0 Å². The summed E-state index contributed by atoms with van der Waals surface area (Å²) in [6.45, 7) is 6.30. The highest BCUT2D eigenvalue weighted by Gasteiger charge is 2.23. The number of hydrogen-bond acceptors (Lipinski definition) is 4. The normalized spacial score (nSPS) is 16.1. The minimum atomic E-state index is 0.342. The Balaban J connectivity index is 1.75. The molecule has 3 rings (SSSR count). The molecule has 1 aliphatic heterocycles. The van der Waals surface area contributed by atoms with Crippen LogP contribution in [-0.2, 0) is 6.54 Å². The number of methoxy groups -OCH3 is 2. The van der Waals surface area contributed by atoms with Crippen molar-refractivity contribution < 1.29 is 9.47 Å². The van der Waals surface area contributed by atoms with Crippen molar-refractivity contribution in [1.82, 2.24) is 10.2 Å². The van der Waals surface area contributed by atoms with E-state index in [1.807, 2.05) is 6.07 Å². The molecule has 0 aromatic heterocycles. The van der Waals surface area contributed by atoms with E-state index in [0.29, 0.717) is 6.04 Å². The van der Waals surface area contributed by atoms with Gasteiger partial charge in [-0.3, -0.25) is 4.90 Å². The fourth-order valence-electron chi connectivity index (χ4n) is 3.90. The van der Waals surface area contributed by atoms with Gasteiger partial charge < -0.3 is 14.8 Å². The first-order chi connectivity index (χ1) is 13.2. The number of ether oxygens (including phenoxy) is 2. The quantitative estimate of drug-likeness (QED) is 0.752. The minimum absolute atomic E-state index is 0.342. The molecule has 0 bridgehead atoms. The van der Waals surface area contributed by atoms with Gasteiger partial charge in [-0.1, -0.05) is 36.8 Å². The average molecular weight is 369 g/mol. The maximum Gasteiger partial charge on any atom is 0.161 e. The van der Waals surface area contributed by atoms with Crippen LogP contribution >= 0.6 is 0 Å². The number of likely N-dealkylation sites (tertiary alicyclic amines) is 1. The third kappa shape index (κ3) is 5.02. The predicted molar refractivity (Wildman–Crippen MR) is 111 cm³/mol. The molecular weight excluding hydrogens is 336 g/mol. The Hall–Kier alpha value is -2.04. The van der Waals surface area contributed by atoms with Crippen molar-refractivity contribution in [2.75, 3.05) is 33.9 Å². The van der Waals surface area contributed by atoms with Gasteiger partial charge in [0.05, 0.1) is 14.2 Å². The van der Waals surface area contributed by atoms with Crippen molar-refractivity contribution in [2.24, 2.45) is 0 Å². The lowest BCUT2D eigenvalue weighted by Gasteiger charge is -2.35. The largest absolute Gasteiger partial charge is 0.493 e. The molecule has 4 heteroatoms. The summed E-state index contributed by atoms with van der Waals surface area (Å²) < 4.78 is 11.0. The first-order valence-corrected chi connectivity index (χ1v) is 9.94. The Morgan fingerprint density at radius 3 is 2.41 bits per heavy atom. The first kappa shape index (κ1) is 19.7. The summed E-state index contributed by atoms with van der Waals surface area (Å²) in [6.07, 6.45) is 3.90. The van der Waals surface area contributed by atoms with Crippen LogP contribution in [0.1, 0.15) is 42.0 Å².